The van der Waals surface area contributed by atoms with Crippen LogP contribution in [-0.4, -0.2) is 19.2 Å². The van der Waals surface area contributed by atoms with Crippen molar-refractivity contribution in [1.82, 2.24) is 5.32 Å². The lowest BCUT2D eigenvalue weighted by atomic mass is 10.3. The summed E-state index contributed by atoms with van der Waals surface area (Å²) in [5.41, 5.74) is 0. The van der Waals surface area contributed by atoms with Crippen LogP contribution in [0.1, 0.15) is 26.7 Å². The van der Waals surface area contributed by atoms with Crippen LogP contribution in [0.3, 0.4) is 0 Å². The summed E-state index contributed by atoms with van der Waals surface area (Å²) in [6, 6.07) is 0. The molecule has 0 saturated carbocycles. The van der Waals surface area contributed by atoms with Gasteiger partial charge in [0.2, 0.25) is 0 Å². The number of alkyl carbamates (subject to hydrolysis) is 1. The van der Waals surface area contributed by atoms with Crippen LogP contribution in [0.25, 0.3) is 0 Å². The van der Waals surface area contributed by atoms with E-state index in [9.17, 15) is 4.79 Å². The van der Waals surface area contributed by atoms with E-state index in [2.05, 4.69) is 17.0 Å². The lowest BCUT2D eigenvalue weighted by Gasteiger charge is -2.00. The standard InChI is InChI=1S/C9H17NO2/c1-3-5-6-7-8-10-9(11)12-4-2/h6-7H,3-5,8H2,1-2H3,(H,10,11)/b7-6+. The third-order valence-electron chi connectivity index (χ3n) is 1.26. The molecule has 0 aromatic heterocycles. The monoisotopic (exact) mass is 171 g/mol. The highest BCUT2D eigenvalue weighted by Gasteiger charge is 1.94. The molecule has 0 aromatic rings. The summed E-state index contributed by atoms with van der Waals surface area (Å²) >= 11 is 0. The molecule has 3 nitrogen and oxygen atoms in total. The van der Waals surface area contributed by atoms with Crippen LogP contribution in [0.2, 0.25) is 0 Å². The molecule has 3 heteroatoms. The SMILES string of the molecule is CCC/C=C/CNC(=O)OCC. The Bertz CT molecular complexity index is 143. The smallest absolute Gasteiger partial charge is 0.407 e. The highest BCUT2D eigenvalue weighted by molar-refractivity contribution is 5.67. The molecule has 0 rings (SSSR count). The van der Waals surface area contributed by atoms with E-state index >= 15 is 0 Å². The van der Waals surface area contributed by atoms with E-state index in [1.807, 2.05) is 12.2 Å². The minimum Gasteiger partial charge on any atom is -0.450 e. The Morgan fingerprint density at radius 2 is 2.17 bits per heavy atom. The number of rotatable bonds is 5. The minimum absolute atomic E-state index is 0.348. The molecule has 1 N–H and O–H groups in total. The number of ether oxygens (including phenoxy) is 1. The molecule has 0 unspecified atom stereocenters. The van der Waals surface area contributed by atoms with Crippen molar-refractivity contribution in [3.05, 3.63) is 12.2 Å². The van der Waals surface area contributed by atoms with E-state index < -0.39 is 0 Å². The Labute approximate surface area is 73.8 Å². The number of carbonyl (C=O) groups is 1. The van der Waals surface area contributed by atoms with Gasteiger partial charge in [0.1, 0.15) is 0 Å². The number of allylic oxidation sites excluding steroid dienone is 1. The molecule has 0 heterocycles. The second kappa shape index (κ2) is 8.11. The average molecular weight is 171 g/mol. The van der Waals surface area contributed by atoms with Crippen LogP contribution in [0.5, 0.6) is 0 Å². The normalized spacial score (nSPS) is 10.2. The Morgan fingerprint density at radius 3 is 2.75 bits per heavy atom. The van der Waals surface area contributed by atoms with E-state index in [4.69, 9.17) is 0 Å². The van der Waals surface area contributed by atoms with E-state index in [1.165, 1.54) is 0 Å². The number of hydrogen-bond acceptors (Lipinski definition) is 2. The van der Waals surface area contributed by atoms with Crippen LogP contribution in [0, 0.1) is 0 Å². The first kappa shape index (κ1) is 11.0. The van der Waals surface area contributed by atoms with Gasteiger partial charge < -0.3 is 10.1 Å². The lowest BCUT2D eigenvalue weighted by molar-refractivity contribution is 0.153. The van der Waals surface area contributed by atoms with Gasteiger partial charge in [-0.15, -0.1) is 0 Å². The second-order valence-corrected chi connectivity index (χ2v) is 2.36. The van der Waals surface area contributed by atoms with Crippen molar-refractivity contribution in [2.75, 3.05) is 13.2 Å². The van der Waals surface area contributed by atoms with Gasteiger partial charge in [0.25, 0.3) is 0 Å². The Hall–Kier alpha value is -0.990. The summed E-state index contributed by atoms with van der Waals surface area (Å²) < 4.78 is 4.66. The Morgan fingerprint density at radius 1 is 1.42 bits per heavy atom. The largest absolute Gasteiger partial charge is 0.450 e. The number of nitrogens with one attached hydrogen (secondary N) is 1. The second-order valence-electron chi connectivity index (χ2n) is 2.36. The molecule has 0 fully saturated rings. The van der Waals surface area contributed by atoms with Gasteiger partial charge in [0.15, 0.2) is 0 Å². The van der Waals surface area contributed by atoms with Crippen LogP contribution in [-0.2, 0) is 4.74 Å². The highest BCUT2D eigenvalue weighted by atomic mass is 16.5. The van der Waals surface area contributed by atoms with Crippen LogP contribution < -0.4 is 5.32 Å². The van der Waals surface area contributed by atoms with E-state index in [0.29, 0.717) is 13.2 Å². The molecule has 0 atom stereocenters. The van der Waals surface area contributed by atoms with Crippen molar-refractivity contribution >= 4 is 6.09 Å². The predicted molar refractivity (Wildman–Crippen MR) is 49.1 cm³/mol. The van der Waals surface area contributed by atoms with Gasteiger partial charge in [-0.2, -0.15) is 0 Å². The van der Waals surface area contributed by atoms with Crippen LogP contribution in [0.4, 0.5) is 4.79 Å². The van der Waals surface area contributed by atoms with Crippen LogP contribution >= 0.6 is 0 Å². The van der Waals surface area contributed by atoms with Crippen molar-refractivity contribution in [2.45, 2.75) is 26.7 Å². The van der Waals surface area contributed by atoms with Gasteiger partial charge >= 0.3 is 6.09 Å². The average Bonchev–Trinajstić information content (AvgIpc) is 2.05. The molecular formula is C9H17NO2. The molecule has 0 spiro atoms. The third kappa shape index (κ3) is 7.12. The topological polar surface area (TPSA) is 38.3 Å². The quantitative estimate of drug-likeness (QED) is 0.643. The maximum atomic E-state index is 10.7. The first-order valence-corrected chi connectivity index (χ1v) is 4.36. The van der Waals surface area contributed by atoms with Crippen molar-refractivity contribution < 1.29 is 9.53 Å². The van der Waals surface area contributed by atoms with E-state index in [-0.39, 0.29) is 6.09 Å². The molecule has 0 aliphatic carbocycles. The van der Waals surface area contributed by atoms with E-state index in [1.54, 1.807) is 6.92 Å². The highest BCUT2D eigenvalue weighted by Crippen LogP contribution is 1.86. The molecule has 70 valence electrons. The lowest BCUT2D eigenvalue weighted by Crippen LogP contribution is -2.24. The fraction of sp³-hybridized carbons (Fsp3) is 0.667. The van der Waals surface area contributed by atoms with Gasteiger partial charge in [-0.25, -0.2) is 4.79 Å². The summed E-state index contributed by atoms with van der Waals surface area (Å²) in [5.74, 6) is 0. The molecular weight excluding hydrogens is 154 g/mol. The van der Waals surface area contributed by atoms with Gasteiger partial charge in [-0.05, 0) is 13.3 Å². The minimum atomic E-state index is -0.348. The fourth-order valence-electron chi connectivity index (χ4n) is 0.692. The van der Waals surface area contributed by atoms with Crippen molar-refractivity contribution in [2.24, 2.45) is 0 Å². The van der Waals surface area contributed by atoms with Crippen LogP contribution in [0.15, 0.2) is 12.2 Å². The summed E-state index contributed by atoms with van der Waals surface area (Å²) in [6.07, 6.45) is 5.83. The predicted octanol–water partition coefficient (Wildman–Crippen LogP) is 2.09. The Balaban J connectivity index is 3.24. The van der Waals surface area contributed by atoms with Crippen molar-refractivity contribution in [3.8, 4) is 0 Å². The molecule has 0 aliphatic rings. The van der Waals surface area contributed by atoms with Gasteiger partial charge in [0.05, 0.1) is 6.61 Å². The molecule has 0 aliphatic heterocycles. The molecule has 0 radical (unpaired) electrons. The fourth-order valence-corrected chi connectivity index (χ4v) is 0.692. The third-order valence-corrected chi connectivity index (χ3v) is 1.26. The summed E-state index contributed by atoms with van der Waals surface area (Å²) in [6.45, 7) is 4.87. The Kier molecular flexibility index (Phi) is 7.44. The first-order chi connectivity index (χ1) is 5.81. The molecule has 0 saturated heterocycles. The first-order valence-electron chi connectivity index (χ1n) is 4.36. The molecule has 0 bridgehead atoms. The summed E-state index contributed by atoms with van der Waals surface area (Å²) in [7, 11) is 0. The molecule has 12 heavy (non-hydrogen) atoms. The zero-order valence-corrected chi connectivity index (χ0v) is 7.80. The van der Waals surface area contributed by atoms with Gasteiger partial charge in [-0.3, -0.25) is 0 Å². The zero-order chi connectivity index (χ0) is 9.23. The van der Waals surface area contributed by atoms with Crippen molar-refractivity contribution in [1.29, 1.82) is 0 Å². The maximum absolute atomic E-state index is 10.7. The summed E-state index contributed by atoms with van der Waals surface area (Å²) in [4.78, 5) is 10.7. The maximum Gasteiger partial charge on any atom is 0.407 e. The van der Waals surface area contributed by atoms with Crippen molar-refractivity contribution in [3.63, 3.8) is 0 Å². The van der Waals surface area contributed by atoms with Gasteiger partial charge in [-0.1, -0.05) is 25.5 Å². The number of amides is 1. The number of hydrogen-bond donors (Lipinski definition) is 1. The summed E-state index contributed by atoms with van der Waals surface area (Å²) in [5, 5.41) is 2.59. The number of carbonyl (C=O) groups excluding carboxylic acids is 1. The van der Waals surface area contributed by atoms with E-state index in [0.717, 1.165) is 12.8 Å². The van der Waals surface area contributed by atoms with Gasteiger partial charge in [0, 0.05) is 6.54 Å². The number of unbranched alkanes of at least 4 members (excludes halogenated alkanes) is 1. The molecule has 0 aromatic carbocycles. The zero-order valence-electron chi connectivity index (χ0n) is 7.80. The molecule has 1 amide bonds.